The first kappa shape index (κ1) is 24.2. The number of nitrogens with zero attached hydrogens (tertiary/aromatic N) is 3. The van der Waals surface area contributed by atoms with E-state index in [0.717, 1.165) is 6.07 Å². The summed E-state index contributed by atoms with van der Waals surface area (Å²) in [5.74, 6) is -0.0490. The van der Waals surface area contributed by atoms with Gasteiger partial charge in [-0.05, 0) is 65.0 Å². The van der Waals surface area contributed by atoms with Crippen LogP contribution in [0.2, 0.25) is 0 Å². The van der Waals surface area contributed by atoms with Gasteiger partial charge in [-0.25, -0.2) is 14.8 Å². The highest BCUT2D eigenvalue weighted by Crippen LogP contribution is 2.36. The maximum absolute atomic E-state index is 13.8. The highest BCUT2D eigenvalue weighted by Gasteiger charge is 2.38. The number of benzene rings is 1. The second kappa shape index (κ2) is 8.49. The van der Waals surface area contributed by atoms with E-state index in [1.165, 1.54) is 49.7 Å². The minimum atomic E-state index is -4.78. The Morgan fingerprint density at radius 3 is 2.24 bits per heavy atom. The first-order valence-corrected chi connectivity index (χ1v) is 10.1. The molecule has 3 rings (SSSR count). The predicted octanol–water partition coefficient (Wildman–Crippen LogP) is 4.75. The quantitative estimate of drug-likeness (QED) is 0.520. The van der Waals surface area contributed by atoms with Crippen molar-refractivity contribution in [3.05, 3.63) is 63.3 Å². The molecule has 7 nitrogen and oxygen atoms in total. The Balaban J connectivity index is 1.97. The first-order valence-electron chi connectivity index (χ1n) is 10.1. The summed E-state index contributed by atoms with van der Waals surface area (Å²) in [7, 11) is 1.48. The predicted molar refractivity (Wildman–Crippen MR) is 115 cm³/mol. The molecular weight excluding hydrogens is 439 g/mol. The smallest absolute Gasteiger partial charge is 0.433 e. The number of ether oxygens (including phenoxy) is 2. The van der Waals surface area contributed by atoms with Gasteiger partial charge in [-0.15, -0.1) is 0 Å². The van der Waals surface area contributed by atoms with Crippen LogP contribution in [0.4, 0.5) is 13.2 Å². The van der Waals surface area contributed by atoms with E-state index < -0.39 is 35.1 Å². The van der Waals surface area contributed by atoms with Gasteiger partial charge in [0.15, 0.2) is 11.3 Å². The molecule has 1 aromatic carbocycles. The Hall–Kier alpha value is -3.43. The van der Waals surface area contributed by atoms with Crippen LogP contribution in [0.25, 0.3) is 11.0 Å². The molecule has 0 bridgehead atoms. The zero-order valence-corrected chi connectivity index (χ0v) is 19.1. The molecule has 3 aromatic rings. The van der Waals surface area contributed by atoms with Crippen LogP contribution in [0.5, 0.6) is 5.75 Å². The Bertz CT molecular complexity index is 1260. The number of alkyl halides is 3. The molecule has 0 amide bonds. The van der Waals surface area contributed by atoms with Crippen molar-refractivity contribution in [2.75, 3.05) is 0 Å². The Morgan fingerprint density at radius 1 is 1.09 bits per heavy atom. The molecule has 176 valence electrons. The molecule has 0 spiro atoms. The van der Waals surface area contributed by atoms with E-state index in [0.29, 0.717) is 0 Å². The molecule has 0 saturated heterocycles. The zero-order valence-electron chi connectivity index (χ0n) is 19.1. The summed E-state index contributed by atoms with van der Waals surface area (Å²) in [6, 6.07) is 6.96. The highest BCUT2D eigenvalue weighted by molar-refractivity contribution is 5.89. The van der Waals surface area contributed by atoms with Gasteiger partial charge in [0.25, 0.3) is 5.56 Å². The molecule has 2 aromatic heterocycles. The van der Waals surface area contributed by atoms with Crippen molar-refractivity contribution in [2.45, 2.75) is 52.5 Å². The molecule has 0 aliphatic rings. The van der Waals surface area contributed by atoms with Crippen LogP contribution in [-0.2, 0) is 18.0 Å². The third-order valence-electron chi connectivity index (χ3n) is 4.83. The van der Waals surface area contributed by atoms with Crippen LogP contribution in [0.1, 0.15) is 61.2 Å². The summed E-state index contributed by atoms with van der Waals surface area (Å²) in [5, 5.41) is -0.0400. The van der Waals surface area contributed by atoms with Gasteiger partial charge in [0, 0.05) is 12.6 Å². The minimum Gasteiger partial charge on any atom is -0.486 e. The number of pyridine rings is 1. The van der Waals surface area contributed by atoms with E-state index in [9.17, 15) is 22.8 Å². The second-order valence-electron chi connectivity index (χ2n) is 8.60. The van der Waals surface area contributed by atoms with Gasteiger partial charge in [-0.3, -0.25) is 9.36 Å². The second-order valence-corrected chi connectivity index (χ2v) is 8.60. The molecule has 10 heteroatoms. The number of carbonyl (C=O) groups excluding carboxylic acids is 1. The molecule has 2 heterocycles. The first-order chi connectivity index (χ1) is 15.2. The van der Waals surface area contributed by atoms with Crippen molar-refractivity contribution in [2.24, 2.45) is 7.05 Å². The maximum atomic E-state index is 13.8. The van der Waals surface area contributed by atoms with Gasteiger partial charge < -0.3 is 9.47 Å². The molecule has 0 aliphatic heterocycles. The van der Waals surface area contributed by atoms with Crippen molar-refractivity contribution in [3.63, 3.8) is 0 Å². The fourth-order valence-electron chi connectivity index (χ4n) is 3.13. The number of esters is 1. The molecule has 0 N–H and O–H groups in total. The highest BCUT2D eigenvalue weighted by atomic mass is 19.4. The normalized spacial score (nSPS) is 13.1. The third-order valence-corrected chi connectivity index (χ3v) is 4.83. The van der Waals surface area contributed by atoms with Crippen molar-refractivity contribution in [3.8, 4) is 5.75 Å². The van der Waals surface area contributed by atoms with Gasteiger partial charge in [-0.2, -0.15) is 13.2 Å². The van der Waals surface area contributed by atoms with Gasteiger partial charge >= 0.3 is 12.1 Å². The number of aryl methyl sites for hydroxylation is 1. The lowest BCUT2D eigenvalue weighted by Crippen LogP contribution is -2.24. The van der Waals surface area contributed by atoms with Gasteiger partial charge in [0.05, 0.1) is 10.9 Å². The number of carbonyl (C=O) groups is 1. The summed E-state index contributed by atoms with van der Waals surface area (Å²) in [6.45, 7) is 8.15. The summed E-state index contributed by atoms with van der Waals surface area (Å²) in [6.07, 6.45) is -5.88. The number of hydrogen-bond donors (Lipinski definition) is 0. The number of halogens is 3. The average molecular weight is 463 g/mol. The molecule has 0 fully saturated rings. The van der Waals surface area contributed by atoms with Gasteiger partial charge in [0.1, 0.15) is 23.3 Å². The average Bonchev–Trinajstić information content (AvgIpc) is 2.70. The molecule has 0 aliphatic carbocycles. The van der Waals surface area contributed by atoms with Crippen LogP contribution in [-0.4, -0.2) is 26.1 Å². The Morgan fingerprint density at radius 2 is 1.70 bits per heavy atom. The molecule has 0 saturated carbocycles. The SMILES string of the molecule is Cc1nc2nc(C(F)(F)F)c([C@H](C)Oc3ccc(C(=O)OC(C)(C)C)cc3)cc2c(=O)n1C. The molecular formula is C23H24F3N3O4. The van der Waals surface area contributed by atoms with Crippen molar-refractivity contribution in [1.82, 2.24) is 14.5 Å². The lowest BCUT2D eigenvalue weighted by atomic mass is 10.1. The van der Waals surface area contributed by atoms with Crippen molar-refractivity contribution >= 4 is 17.0 Å². The van der Waals surface area contributed by atoms with E-state index >= 15 is 0 Å². The zero-order chi connectivity index (χ0) is 24.7. The fourth-order valence-corrected chi connectivity index (χ4v) is 3.13. The lowest BCUT2D eigenvalue weighted by Gasteiger charge is -2.21. The largest absolute Gasteiger partial charge is 0.486 e. The number of aromatic nitrogens is 3. The summed E-state index contributed by atoms with van der Waals surface area (Å²) in [5.41, 5.74) is -2.64. The fraction of sp³-hybridized carbons (Fsp3) is 0.391. The minimum absolute atomic E-state index is 0.0400. The third kappa shape index (κ3) is 5.32. The number of hydrogen-bond acceptors (Lipinski definition) is 6. The Kier molecular flexibility index (Phi) is 6.23. The monoisotopic (exact) mass is 463 g/mol. The van der Waals surface area contributed by atoms with E-state index in [1.807, 2.05) is 0 Å². The van der Waals surface area contributed by atoms with Crippen LogP contribution in [0, 0.1) is 6.92 Å². The summed E-state index contributed by atoms with van der Waals surface area (Å²) in [4.78, 5) is 32.4. The lowest BCUT2D eigenvalue weighted by molar-refractivity contribution is -0.142. The maximum Gasteiger partial charge on any atom is 0.433 e. The van der Waals surface area contributed by atoms with Crippen LogP contribution in [0.3, 0.4) is 0 Å². The molecule has 1 atom stereocenters. The van der Waals surface area contributed by atoms with E-state index in [1.54, 1.807) is 20.8 Å². The van der Waals surface area contributed by atoms with E-state index in [4.69, 9.17) is 9.47 Å². The summed E-state index contributed by atoms with van der Waals surface area (Å²) >= 11 is 0. The number of fused-ring (bicyclic) bond motifs is 1. The van der Waals surface area contributed by atoms with E-state index in [2.05, 4.69) is 9.97 Å². The van der Waals surface area contributed by atoms with E-state index in [-0.39, 0.29) is 33.7 Å². The number of rotatable bonds is 4. The topological polar surface area (TPSA) is 83.3 Å². The van der Waals surface area contributed by atoms with Crippen LogP contribution < -0.4 is 10.3 Å². The summed E-state index contributed by atoms with van der Waals surface area (Å²) < 4.78 is 53.5. The molecule has 0 radical (unpaired) electrons. The van der Waals surface area contributed by atoms with Crippen LogP contribution in [0.15, 0.2) is 35.1 Å². The van der Waals surface area contributed by atoms with Crippen LogP contribution >= 0.6 is 0 Å². The van der Waals surface area contributed by atoms with Gasteiger partial charge in [-0.1, -0.05) is 0 Å². The van der Waals surface area contributed by atoms with Crippen molar-refractivity contribution < 1.29 is 27.4 Å². The molecule has 33 heavy (non-hydrogen) atoms. The standard InChI is InChI=1S/C23H24F3N3O4/c1-12(32-15-9-7-14(8-10-15)21(31)33-22(3,4)5)16-11-17-19(28-18(16)23(24,25)26)27-13(2)29(6)20(17)30/h7-12H,1-6H3/t12-/m0/s1. The van der Waals surface area contributed by atoms with Gasteiger partial charge in [0.2, 0.25) is 0 Å². The van der Waals surface area contributed by atoms with Crippen molar-refractivity contribution in [1.29, 1.82) is 0 Å². The molecule has 0 unspecified atom stereocenters. The Labute approximate surface area is 188 Å².